The lowest BCUT2D eigenvalue weighted by molar-refractivity contribution is 0.300. The van der Waals surface area contributed by atoms with Crippen LogP contribution in [0.25, 0.3) is 5.57 Å². The molecule has 0 saturated carbocycles. The van der Waals surface area contributed by atoms with Crippen LogP contribution in [0.5, 0.6) is 11.5 Å². The van der Waals surface area contributed by atoms with E-state index < -0.39 is 0 Å². The minimum Gasteiger partial charge on any atom is -0.497 e. The van der Waals surface area contributed by atoms with Gasteiger partial charge in [0.2, 0.25) is 0 Å². The van der Waals surface area contributed by atoms with Crippen molar-refractivity contribution in [3.05, 3.63) is 59.9 Å². The molecule has 0 aliphatic rings. The molecular formula is C17H19NO2. The van der Waals surface area contributed by atoms with E-state index >= 15 is 0 Å². The molecule has 0 fully saturated rings. The van der Waals surface area contributed by atoms with Gasteiger partial charge in [-0.3, -0.25) is 4.98 Å². The predicted octanol–water partition coefficient (Wildman–Crippen LogP) is 4.01. The molecule has 3 nitrogen and oxygen atoms in total. The molecule has 0 aliphatic carbocycles. The lowest BCUT2D eigenvalue weighted by Gasteiger charge is -2.13. The van der Waals surface area contributed by atoms with E-state index in [2.05, 4.69) is 11.6 Å². The van der Waals surface area contributed by atoms with E-state index in [1.54, 1.807) is 13.3 Å². The molecule has 2 rings (SSSR count). The highest BCUT2D eigenvalue weighted by molar-refractivity contribution is 5.67. The molecule has 0 unspecified atom stereocenters. The van der Waals surface area contributed by atoms with Gasteiger partial charge in [-0.2, -0.15) is 0 Å². The Morgan fingerprint density at radius 3 is 2.80 bits per heavy atom. The Kier molecular flexibility index (Phi) is 4.41. The first kappa shape index (κ1) is 14.1. The van der Waals surface area contributed by atoms with Crippen molar-refractivity contribution in [1.82, 2.24) is 4.98 Å². The number of ether oxygens (including phenoxy) is 2. The summed E-state index contributed by atoms with van der Waals surface area (Å²) in [5, 5.41) is 0. The summed E-state index contributed by atoms with van der Waals surface area (Å²) < 4.78 is 11.1. The zero-order chi connectivity index (χ0) is 14.5. The van der Waals surface area contributed by atoms with Gasteiger partial charge in [0.1, 0.15) is 18.1 Å². The number of allylic oxidation sites excluding steroid dienone is 1. The van der Waals surface area contributed by atoms with Crippen LogP contribution in [-0.2, 0) is 6.61 Å². The second kappa shape index (κ2) is 6.24. The fourth-order valence-corrected chi connectivity index (χ4v) is 1.99. The number of aromatic nitrogens is 1. The summed E-state index contributed by atoms with van der Waals surface area (Å²) in [5.41, 5.74) is 3.89. The zero-order valence-electron chi connectivity index (χ0n) is 12.1. The molecule has 1 heterocycles. The molecule has 0 bridgehead atoms. The van der Waals surface area contributed by atoms with Gasteiger partial charge in [-0.25, -0.2) is 0 Å². The Hall–Kier alpha value is -2.29. The third-order valence-corrected chi connectivity index (χ3v) is 3.06. The molecule has 0 saturated heterocycles. The number of pyridine rings is 1. The first-order chi connectivity index (χ1) is 9.61. The highest BCUT2D eigenvalue weighted by Crippen LogP contribution is 2.28. The summed E-state index contributed by atoms with van der Waals surface area (Å²) in [6.45, 7) is 8.36. The van der Waals surface area contributed by atoms with Crippen molar-refractivity contribution in [1.29, 1.82) is 0 Å². The molecule has 2 aromatic rings. The van der Waals surface area contributed by atoms with Gasteiger partial charge < -0.3 is 9.47 Å². The molecule has 0 aliphatic heterocycles. The van der Waals surface area contributed by atoms with Crippen molar-refractivity contribution in [3.63, 3.8) is 0 Å². The van der Waals surface area contributed by atoms with Gasteiger partial charge in [0.15, 0.2) is 0 Å². The Bertz CT molecular complexity index is 620. The van der Waals surface area contributed by atoms with E-state index in [4.69, 9.17) is 9.47 Å². The van der Waals surface area contributed by atoms with Crippen LogP contribution in [-0.4, -0.2) is 12.1 Å². The van der Waals surface area contributed by atoms with Crippen molar-refractivity contribution < 1.29 is 9.47 Å². The lowest BCUT2D eigenvalue weighted by atomic mass is 10.1. The van der Waals surface area contributed by atoms with Crippen molar-refractivity contribution in [3.8, 4) is 11.5 Å². The summed E-state index contributed by atoms with van der Waals surface area (Å²) in [4.78, 5) is 4.28. The number of nitrogens with zero attached hydrogens (tertiary/aromatic N) is 1. The maximum atomic E-state index is 5.94. The number of aryl methyl sites for hydroxylation is 1. The SMILES string of the molecule is C=C(C)c1ccnc(C)c1OCc1cccc(OC)c1. The van der Waals surface area contributed by atoms with Crippen molar-refractivity contribution in [2.45, 2.75) is 20.5 Å². The second-order valence-corrected chi connectivity index (χ2v) is 4.69. The van der Waals surface area contributed by atoms with Gasteiger partial charge >= 0.3 is 0 Å². The van der Waals surface area contributed by atoms with Gasteiger partial charge in [-0.15, -0.1) is 0 Å². The third kappa shape index (κ3) is 3.18. The molecule has 0 spiro atoms. The molecule has 0 amide bonds. The quantitative estimate of drug-likeness (QED) is 0.821. The molecule has 1 aromatic heterocycles. The maximum absolute atomic E-state index is 5.94. The summed E-state index contributed by atoms with van der Waals surface area (Å²) in [5.74, 6) is 1.62. The van der Waals surface area contributed by atoms with E-state index in [0.29, 0.717) is 6.61 Å². The lowest BCUT2D eigenvalue weighted by Crippen LogP contribution is -2.01. The summed E-state index contributed by atoms with van der Waals surface area (Å²) in [6, 6.07) is 9.77. The van der Waals surface area contributed by atoms with Crippen molar-refractivity contribution >= 4 is 5.57 Å². The molecule has 0 radical (unpaired) electrons. The highest BCUT2D eigenvalue weighted by atomic mass is 16.5. The third-order valence-electron chi connectivity index (χ3n) is 3.06. The number of methoxy groups -OCH3 is 1. The first-order valence-electron chi connectivity index (χ1n) is 6.49. The molecule has 3 heteroatoms. The van der Waals surface area contributed by atoms with Crippen LogP contribution in [0.2, 0.25) is 0 Å². The van der Waals surface area contributed by atoms with Crippen LogP contribution in [0, 0.1) is 6.92 Å². The standard InChI is InChI=1S/C17H19NO2/c1-12(2)16-8-9-18-13(3)17(16)20-11-14-6-5-7-15(10-14)19-4/h5-10H,1,11H2,2-4H3. The van der Waals surface area contributed by atoms with E-state index in [1.165, 1.54) is 0 Å². The van der Waals surface area contributed by atoms with Crippen LogP contribution >= 0.6 is 0 Å². The van der Waals surface area contributed by atoms with Gasteiger partial charge in [-0.1, -0.05) is 18.7 Å². The smallest absolute Gasteiger partial charge is 0.148 e. The maximum Gasteiger partial charge on any atom is 0.148 e. The fourth-order valence-electron chi connectivity index (χ4n) is 1.99. The molecule has 20 heavy (non-hydrogen) atoms. The van der Waals surface area contributed by atoms with E-state index in [1.807, 2.05) is 44.2 Å². The first-order valence-corrected chi connectivity index (χ1v) is 6.49. The monoisotopic (exact) mass is 269 g/mol. The molecule has 0 atom stereocenters. The molecule has 104 valence electrons. The topological polar surface area (TPSA) is 31.4 Å². The highest BCUT2D eigenvalue weighted by Gasteiger charge is 2.09. The molecular weight excluding hydrogens is 250 g/mol. The zero-order valence-corrected chi connectivity index (χ0v) is 12.1. The summed E-state index contributed by atoms with van der Waals surface area (Å²) in [6.07, 6.45) is 1.78. The minimum absolute atomic E-state index is 0.476. The van der Waals surface area contributed by atoms with Crippen molar-refractivity contribution in [2.75, 3.05) is 7.11 Å². The van der Waals surface area contributed by atoms with Crippen LogP contribution in [0.3, 0.4) is 0 Å². The number of rotatable bonds is 5. The second-order valence-electron chi connectivity index (χ2n) is 4.69. The van der Waals surface area contributed by atoms with Gasteiger partial charge in [0.05, 0.1) is 12.8 Å². The Labute approximate surface area is 119 Å². The van der Waals surface area contributed by atoms with Gasteiger partial charge in [0, 0.05) is 11.8 Å². The molecule has 0 N–H and O–H groups in total. The largest absolute Gasteiger partial charge is 0.497 e. The minimum atomic E-state index is 0.476. The Morgan fingerprint density at radius 1 is 1.30 bits per heavy atom. The van der Waals surface area contributed by atoms with Crippen LogP contribution in [0.4, 0.5) is 0 Å². The molecule has 1 aromatic carbocycles. The number of benzene rings is 1. The van der Waals surface area contributed by atoms with Crippen LogP contribution in [0.15, 0.2) is 43.1 Å². The average molecular weight is 269 g/mol. The van der Waals surface area contributed by atoms with E-state index in [9.17, 15) is 0 Å². The summed E-state index contributed by atoms with van der Waals surface area (Å²) in [7, 11) is 1.66. The number of hydrogen-bond donors (Lipinski definition) is 0. The Morgan fingerprint density at radius 2 is 2.10 bits per heavy atom. The average Bonchev–Trinajstić information content (AvgIpc) is 2.45. The Balaban J connectivity index is 2.20. The van der Waals surface area contributed by atoms with E-state index in [0.717, 1.165) is 33.9 Å². The van der Waals surface area contributed by atoms with Crippen LogP contribution < -0.4 is 9.47 Å². The van der Waals surface area contributed by atoms with Crippen molar-refractivity contribution in [2.24, 2.45) is 0 Å². The predicted molar refractivity (Wildman–Crippen MR) is 81.0 cm³/mol. The number of hydrogen-bond acceptors (Lipinski definition) is 3. The van der Waals surface area contributed by atoms with Gasteiger partial charge in [0.25, 0.3) is 0 Å². The summed E-state index contributed by atoms with van der Waals surface area (Å²) >= 11 is 0. The van der Waals surface area contributed by atoms with E-state index in [-0.39, 0.29) is 0 Å². The fraction of sp³-hybridized carbons (Fsp3) is 0.235. The van der Waals surface area contributed by atoms with Crippen LogP contribution in [0.1, 0.15) is 23.7 Å². The van der Waals surface area contributed by atoms with Gasteiger partial charge in [-0.05, 0) is 43.2 Å². The normalized spacial score (nSPS) is 10.2.